The number of ether oxygens (including phenoxy) is 1. The molecule has 1 aromatic heterocycles. The predicted octanol–water partition coefficient (Wildman–Crippen LogP) is 1.24. The largest absolute Gasteiger partial charge is 0.444 e. The van der Waals surface area contributed by atoms with E-state index < -0.39 is 11.7 Å². The van der Waals surface area contributed by atoms with E-state index in [0.29, 0.717) is 16.4 Å². The summed E-state index contributed by atoms with van der Waals surface area (Å²) in [5.74, 6) is -0.221. The van der Waals surface area contributed by atoms with Crippen LogP contribution in [0.4, 0.5) is 4.79 Å². The van der Waals surface area contributed by atoms with Gasteiger partial charge in [-0.1, -0.05) is 11.6 Å². The van der Waals surface area contributed by atoms with Crippen molar-refractivity contribution in [1.82, 2.24) is 10.3 Å². The molecule has 8 nitrogen and oxygen atoms in total. The molecular formula is C13H19ClN6O2. The van der Waals surface area contributed by atoms with Crippen molar-refractivity contribution in [1.29, 1.82) is 0 Å². The van der Waals surface area contributed by atoms with Gasteiger partial charge in [-0.2, -0.15) is 0 Å². The van der Waals surface area contributed by atoms with Crippen LogP contribution in [0.2, 0.25) is 5.02 Å². The van der Waals surface area contributed by atoms with Gasteiger partial charge in [0, 0.05) is 6.20 Å². The van der Waals surface area contributed by atoms with Crippen LogP contribution in [0.1, 0.15) is 26.5 Å². The molecule has 9 heteroatoms. The lowest BCUT2D eigenvalue weighted by Gasteiger charge is -2.19. The normalized spacial score (nSPS) is 11.7. The molecule has 1 heterocycles. The Kier molecular flexibility index (Phi) is 6.11. The summed E-state index contributed by atoms with van der Waals surface area (Å²) in [7, 11) is 0. The van der Waals surface area contributed by atoms with E-state index in [0.717, 1.165) is 0 Å². The fraction of sp³-hybridized carbons (Fsp3) is 0.385. The molecule has 0 spiro atoms. The smallest absolute Gasteiger partial charge is 0.407 e. The highest BCUT2D eigenvalue weighted by Gasteiger charge is 2.17. The average Bonchev–Trinajstić information content (AvgIpc) is 2.38. The van der Waals surface area contributed by atoms with Gasteiger partial charge in [0.2, 0.25) is 5.96 Å². The summed E-state index contributed by atoms with van der Waals surface area (Å²) >= 11 is 6.06. The molecule has 0 aliphatic rings. The number of pyridine rings is 1. The third-order valence-corrected chi connectivity index (χ3v) is 2.42. The minimum absolute atomic E-state index is 0.00241. The molecule has 0 radical (unpaired) electrons. The lowest BCUT2D eigenvalue weighted by Crippen LogP contribution is -2.36. The van der Waals surface area contributed by atoms with Crippen LogP contribution in [0, 0.1) is 0 Å². The molecule has 0 atom stereocenters. The summed E-state index contributed by atoms with van der Waals surface area (Å²) in [5, 5.41) is 10.3. The van der Waals surface area contributed by atoms with Crippen molar-refractivity contribution in [2.24, 2.45) is 21.7 Å². The summed E-state index contributed by atoms with van der Waals surface area (Å²) in [6.45, 7) is 5.28. The molecule has 1 aromatic rings. The highest BCUT2D eigenvalue weighted by molar-refractivity contribution is 6.34. The van der Waals surface area contributed by atoms with Crippen LogP contribution < -0.4 is 16.8 Å². The van der Waals surface area contributed by atoms with Gasteiger partial charge >= 0.3 is 6.09 Å². The lowest BCUT2D eigenvalue weighted by atomic mass is 10.2. The van der Waals surface area contributed by atoms with Crippen LogP contribution >= 0.6 is 11.6 Å². The standard InChI is InChI=1S/C13H19ClN6O2/c1-13(2,3)22-12(21)18-7-9(19-20-11(15)16)10-8(14)5-4-6-17-10/h4-6H,7H2,1-3H3,(H,18,21)(H4,15,16,20)/b19-9+. The molecule has 0 unspecified atom stereocenters. The molecule has 1 rings (SSSR count). The van der Waals surface area contributed by atoms with Gasteiger partial charge in [0.25, 0.3) is 0 Å². The first-order valence-corrected chi connectivity index (χ1v) is 6.80. The number of carbonyl (C=O) groups is 1. The van der Waals surface area contributed by atoms with Crippen LogP contribution in [-0.4, -0.2) is 34.9 Å². The van der Waals surface area contributed by atoms with Crippen LogP contribution in [0.5, 0.6) is 0 Å². The third-order valence-electron chi connectivity index (χ3n) is 2.12. The number of carbonyl (C=O) groups excluding carboxylic acids is 1. The number of amides is 1. The molecule has 0 saturated carbocycles. The minimum atomic E-state index is -0.607. The number of hydrogen-bond acceptors (Lipinski definition) is 5. The number of rotatable bonds is 4. The molecule has 0 bridgehead atoms. The molecule has 0 aromatic carbocycles. The van der Waals surface area contributed by atoms with E-state index in [1.807, 2.05) is 0 Å². The van der Waals surface area contributed by atoms with E-state index in [-0.39, 0.29) is 12.5 Å². The van der Waals surface area contributed by atoms with Gasteiger partial charge in [-0.25, -0.2) is 4.79 Å². The topological polar surface area (TPSA) is 128 Å². The van der Waals surface area contributed by atoms with E-state index in [9.17, 15) is 4.79 Å². The van der Waals surface area contributed by atoms with Crippen LogP contribution in [-0.2, 0) is 4.74 Å². The van der Waals surface area contributed by atoms with Crippen molar-refractivity contribution in [3.8, 4) is 0 Å². The van der Waals surface area contributed by atoms with Gasteiger partial charge in [0.1, 0.15) is 17.0 Å². The third kappa shape index (κ3) is 6.40. The molecule has 0 fully saturated rings. The van der Waals surface area contributed by atoms with Crippen molar-refractivity contribution >= 4 is 29.4 Å². The molecule has 0 aliphatic heterocycles. The summed E-state index contributed by atoms with van der Waals surface area (Å²) in [6.07, 6.45) is 0.941. The number of nitrogens with two attached hydrogens (primary N) is 2. The van der Waals surface area contributed by atoms with Gasteiger partial charge in [-0.05, 0) is 32.9 Å². The number of nitrogens with one attached hydrogen (secondary N) is 1. The van der Waals surface area contributed by atoms with E-state index in [1.54, 1.807) is 39.1 Å². The Morgan fingerprint density at radius 2 is 2.09 bits per heavy atom. The lowest BCUT2D eigenvalue weighted by molar-refractivity contribution is 0.0536. The first-order chi connectivity index (χ1) is 10.2. The van der Waals surface area contributed by atoms with Crippen molar-refractivity contribution < 1.29 is 9.53 Å². The predicted molar refractivity (Wildman–Crippen MR) is 85.8 cm³/mol. The molecule has 120 valence electrons. The highest BCUT2D eigenvalue weighted by Crippen LogP contribution is 2.13. The Morgan fingerprint density at radius 1 is 1.41 bits per heavy atom. The van der Waals surface area contributed by atoms with Crippen molar-refractivity contribution in [3.05, 3.63) is 29.0 Å². The summed E-state index contributed by atoms with van der Waals surface area (Å²) in [5.41, 5.74) is 10.6. The highest BCUT2D eigenvalue weighted by atomic mass is 35.5. The maximum atomic E-state index is 11.7. The van der Waals surface area contributed by atoms with Gasteiger partial charge < -0.3 is 21.5 Å². The number of alkyl carbamates (subject to hydrolysis) is 1. The van der Waals surface area contributed by atoms with Gasteiger partial charge in [0.15, 0.2) is 0 Å². The quantitative estimate of drug-likeness (QED) is 0.435. The zero-order chi connectivity index (χ0) is 16.8. The second-order valence-corrected chi connectivity index (χ2v) is 5.67. The van der Waals surface area contributed by atoms with Crippen LogP contribution in [0.25, 0.3) is 0 Å². The van der Waals surface area contributed by atoms with Crippen LogP contribution in [0.3, 0.4) is 0 Å². The molecule has 1 amide bonds. The first kappa shape index (κ1) is 17.7. The summed E-state index contributed by atoms with van der Waals surface area (Å²) < 4.78 is 5.14. The Balaban J connectivity index is 2.90. The number of halogens is 1. The maximum Gasteiger partial charge on any atom is 0.407 e. The molecule has 5 N–H and O–H groups in total. The second kappa shape index (κ2) is 7.60. The van der Waals surface area contributed by atoms with Crippen molar-refractivity contribution in [2.45, 2.75) is 26.4 Å². The van der Waals surface area contributed by atoms with Gasteiger partial charge in [0.05, 0.1) is 11.6 Å². The number of guanidine groups is 1. The van der Waals surface area contributed by atoms with E-state index in [4.69, 9.17) is 27.8 Å². The molecule has 22 heavy (non-hydrogen) atoms. The minimum Gasteiger partial charge on any atom is -0.444 e. The molecule has 0 aliphatic carbocycles. The SMILES string of the molecule is CC(C)(C)OC(=O)NC/C(=N\N=C(N)N)c1ncccc1Cl. The second-order valence-electron chi connectivity index (χ2n) is 5.26. The van der Waals surface area contributed by atoms with E-state index in [1.165, 1.54) is 0 Å². The molecular weight excluding hydrogens is 308 g/mol. The average molecular weight is 327 g/mol. The zero-order valence-corrected chi connectivity index (χ0v) is 13.4. The summed E-state index contributed by atoms with van der Waals surface area (Å²) in [6, 6.07) is 3.31. The number of hydrogen-bond donors (Lipinski definition) is 3. The first-order valence-electron chi connectivity index (χ1n) is 6.42. The Bertz CT molecular complexity index is 590. The molecule has 0 saturated heterocycles. The van der Waals surface area contributed by atoms with Gasteiger partial charge in [-0.3, -0.25) is 4.98 Å². The fourth-order valence-corrected chi connectivity index (χ4v) is 1.58. The Labute approximate surface area is 133 Å². The Hall–Kier alpha value is -2.35. The zero-order valence-electron chi connectivity index (χ0n) is 12.6. The maximum absolute atomic E-state index is 11.7. The monoisotopic (exact) mass is 326 g/mol. The number of nitrogens with zero attached hydrogens (tertiary/aromatic N) is 3. The van der Waals surface area contributed by atoms with Crippen molar-refractivity contribution in [2.75, 3.05) is 6.54 Å². The summed E-state index contributed by atoms with van der Waals surface area (Å²) in [4.78, 5) is 15.8. The number of aromatic nitrogens is 1. The van der Waals surface area contributed by atoms with Gasteiger partial charge in [-0.15, -0.1) is 10.2 Å². The van der Waals surface area contributed by atoms with E-state index in [2.05, 4.69) is 20.5 Å². The van der Waals surface area contributed by atoms with Crippen LogP contribution in [0.15, 0.2) is 28.5 Å². The van der Waals surface area contributed by atoms with Crippen molar-refractivity contribution in [3.63, 3.8) is 0 Å². The van der Waals surface area contributed by atoms with E-state index >= 15 is 0 Å². The Morgan fingerprint density at radius 3 is 2.64 bits per heavy atom. The fourth-order valence-electron chi connectivity index (χ4n) is 1.35.